The molecule has 1 heterocycles. The lowest BCUT2D eigenvalue weighted by molar-refractivity contribution is -0.155. The third kappa shape index (κ3) is 6.73. The number of hydrogen-bond acceptors (Lipinski definition) is 10. The first-order valence-electron chi connectivity index (χ1n) is 14.8. The van der Waals surface area contributed by atoms with Gasteiger partial charge in [0.25, 0.3) is 0 Å². The fraction of sp³-hybridized carbons (Fsp3) is 0.714. The number of halogens is 2. The van der Waals surface area contributed by atoms with Gasteiger partial charge in [0.2, 0.25) is 5.92 Å². The average Bonchev–Trinajstić information content (AvgIpc) is 3.83. The number of piperidine rings is 1. The molecule has 4 aliphatic rings. The van der Waals surface area contributed by atoms with Gasteiger partial charge < -0.3 is 18.0 Å². The van der Waals surface area contributed by atoms with Gasteiger partial charge in [-0.25, -0.2) is 22.7 Å². The number of anilines is 1. The summed E-state index contributed by atoms with van der Waals surface area (Å²) >= 11 is 0. The first kappa shape index (κ1) is 33.0. The van der Waals surface area contributed by atoms with E-state index >= 15 is 0 Å². The van der Waals surface area contributed by atoms with Crippen LogP contribution in [0, 0.1) is 11.8 Å². The second-order valence-electron chi connectivity index (χ2n) is 12.5. The fourth-order valence-electron chi connectivity index (χ4n) is 7.48. The van der Waals surface area contributed by atoms with E-state index in [1.165, 1.54) is 0 Å². The first-order chi connectivity index (χ1) is 20.5. The van der Waals surface area contributed by atoms with Gasteiger partial charge in [-0.05, 0) is 81.0 Å². The normalized spacial score (nSPS) is 27.8. The minimum atomic E-state index is -4.84. The van der Waals surface area contributed by atoms with E-state index in [1.54, 1.807) is 25.3 Å². The van der Waals surface area contributed by atoms with Gasteiger partial charge in [-0.1, -0.05) is 19.1 Å². The molecular weight excluding hydrogens is 624 g/mol. The number of fused-ring (bicyclic) bond motifs is 1. The molecule has 1 aromatic rings. The lowest BCUT2D eigenvalue weighted by Gasteiger charge is -2.39. The molecule has 0 radical (unpaired) electrons. The second-order valence-corrected chi connectivity index (χ2v) is 15.1. The molecule has 2 N–H and O–H groups in total. The summed E-state index contributed by atoms with van der Waals surface area (Å²) in [6.07, 6.45) is 3.90. The van der Waals surface area contributed by atoms with E-state index in [9.17, 15) is 35.2 Å². The van der Waals surface area contributed by atoms with Gasteiger partial charge in [0.1, 0.15) is 0 Å². The van der Waals surface area contributed by atoms with E-state index in [4.69, 9.17) is 4.74 Å². The first-order valence-corrected chi connectivity index (χ1v) is 17.7. The van der Waals surface area contributed by atoms with Crippen molar-refractivity contribution in [3.8, 4) is 0 Å². The molecule has 12 nitrogen and oxygen atoms in total. The van der Waals surface area contributed by atoms with Crippen LogP contribution in [0.1, 0.15) is 70.3 Å². The molecule has 16 heteroatoms. The Hall–Kier alpha value is -2.40. The summed E-state index contributed by atoms with van der Waals surface area (Å²) in [6, 6.07) is 6.57. The number of carbonyl (C=O) groups excluding carboxylic acids is 2. The van der Waals surface area contributed by atoms with Crippen molar-refractivity contribution in [1.82, 2.24) is 4.90 Å². The molecule has 3 saturated carbocycles. The Balaban J connectivity index is 1.23. The third-order valence-electron chi connectivity index (χ3n) is 9.92. The molecule has 2 unspecified atom stereocenters. The second kappa shape index (κ2) is 11.8. The van der Waals surface area contributed by atoms with E-state index in [0.717, 1.165) is 48.8 Å². The van der Waals surface area contributed by atoms with Crippen LogP contribution in [0.15, 0.2) is 24.3 Å². The summed E-state index contributed by atoms with van der Waals surface area (Å²) in [5.41, 5.74) is 0.608. The van der Waals surface area contributed by atoms with Crippen LogP contribution in [0.25, 0.3) is 0 Å². The lowest BCUT2D eigenvalue weighted by Crippen LogP contribution is -2.41. The third-order valence-corrected chi connectivity index (χ3v) is 11.7. The summed E-state index contributed by atoms with van der Waals surface area (Å²) in [5.74, 6) is -5.97. The Bertz CT molecular complexity index is 1480. The zero-order valence-electron chi connectivity index (χ0n) is 24.7. The number of methoxy groups -OCH3 is 1. The standard InChI is InChI=1S/C28H39F2N3O9S2/c1-3-28(22-17-32(18-23(22)28)15-5-10-26(40-2)11-13-27(29,30)14-12-26)19-6-4-7-21(16-19)33(20-8-9-20)44(38,39)42-25(35)24(34)41-43(31,36)37/h4,6-7,16,20,22-23H,3,5,8-15,17-18H2,1-2H3,(H2,31,36,37). The molecule has 3 aliphatic carbocycles. The molecule has 2 atom stereocenters. The molecule has 1 aliphatic heterocycles. The zero-order chi connectivity index (χ0) is 32.1. The number of carbonyl (C=O) groups is 2. The Labute approximate surface area is 256 Å². The number of nitrogens with zero attached hydrogens (tertiary/aromatic N) is 2. The molecule has 1 aromatic carbocycles. The van der Waals surface area contributed by atoms with Crippen LogP contribution in [0.5, 0.6) is 0 Å². The molecule has 0 amide bonds. The van der Waals surface area contributed by atoms with Crippen LogP contribution in [0.2, 0.25) is 0 Å². The van der Waals surface area contributed by atoms with Crippen LogP contribution in [0.4, 0.5) is 14.5 Å². The van der Waals surface area contributed by atoms with Crippen molar-refractivity contribution < 1.29 is 48.3 Å². The van der Waals surface area contributed by atoms with E-state index < -0.39 is 50.1 Å². The van der Waals surface area contributed by atoms with Crippen molar-refractivity contribution in [2.75, 3.05) is 31.0 Å². The molecular formula is C28H39F2N3O9S2. The molecule has 4 fully saturated rings. The number of likely N-dealkylation sites (tertiary alicyclic amines) is 1. The molecule has 5 rings (SSSR count). The lowest BCUT2D eigenvalue weighted by atomic mass is 9.79. The van der Waals surface area contributed by atoms with Crippen molar-refractivity contribution in [1.29, 1.82) is 0 Å². The van der Waals surface area contributed by atoms with Crippen LogP contribution in [-0.2, 0) is 48.7 Å². The van der Waals surface area contributed by atoms with Crippen LogP contribution < -0.4 is 9.44 Å². The maximum absolute atomic E-state index is 13.7. The monoisotopic (exact) mass is 663 g/mol. The molecule has 0 spiro atoms. The van der Waals surface area contributed by atoms with Crippen molar-refractivity contribution in [3.63, 3.8) is 0 Å². The smallest absolute Gasteiger partial charge is 0.378 e. The van der Waals surface area contributed by atoms with Crippen molar-refractivity contribution in [2.45, 2.75) is 87.7 Å². The predicted molar refractivity (Wildman–Crippen MR) is 154 cm³/mol. The highest BCUT2D eigenvalue weighted by molar-refractivity contribution is 7.88. The van der Waals surface area contributed by atoms with E-state index in [0.29, 0.717) is 37.5 Å². The van der Waals surface area contributed by atoms with Gasteiger partial charge in [0, 0.05) is 44.5 Å². The summed E-state index contributed by atoms with van der Waals surface area (Å²) in [4.78, 5) is 26.1. The SMILES string of the molecule is CCC1(c2cccc(N(C3CC3)S(=O)(=O)OC(=O)C(=O)OS(N)(=O)=O)c2)C2CN(CCCC3(OC)CCC(F)(F)CC3)CC21. The Morgan fingerprint density at radius 2 is 1.64 bits per heavy atom. The Kier molecular flexibility index (Phi) is 8.81. The zero-order valence-corrected chi connectivity index (χ0v) is 26.4. The minimum absolute atomic E-state index is 0.139. The van der Waals surface area contributed by atoms with Gasteiger partial charge in [-0.2, -0.15) is 22.0 Å². The van der Waals surface area contributed by atoms with Gasteiger partial charge in [0.05, 0.1) is 11.3 Å². The predicted octanol–water partition coefficient (Wildman–Crippen LogP) is 2.77. The fourth-order valence-corrected chi connectivity index (χ4v) is 9.05. The van der Waals surface area contributed by atoms with Crippen LogP contribution in [0.3, 0.4) is 0 Å². The minimum Gasteiger partial charge on any atom is -0.378 e. The van der Waals surface area contributed by atoms with Crippen LogP contribution in [-0.4, -0.2) is 78.0 Å². The Morgan fingerprint density at radius 3 is 2.18 bits per heavy atom. The number of benzene rings is 1. The summed E-state index contributed by atoms with van der Waals surface area (Å²) in [7, 11) is -8.06. The van der Waals surface area contributed by atoms with Crippen molar-refractivity contribution in [3.05, 3.63) is 29.8 Å². The summed E-state index contributed by atoms with van der Waals surface area (Å²) in [6.45, 7) is 4.69. The quantitative estimate of drug-likeness (QED) is 0.329. The highest BCUT2D eigenvalue weighted by atomic mass is 32.2. The number of ether oxygens (including phenoxy) is 1. The Morgan fingerprint density at radius 1 is 1.02 bits per heavy atom. The topological polar surface area (TPSA) is 163 Å². The van der Waals surface area contributed by atoms with Gasteiger partial charge >= 0.3 is 32.5 Å². The van der Waals surface area contributed by atoms with Crippen LogP contribution >= 0.6 is 0 Å². The average molecular weight is 664 g/mol. The molecule has 246 valence electrons. The highest BCUT2D eigenvalue weighted by Crippen LogP contribution is 2.65. The maximum atomic E-state index is 13.7. The molecule has 44 heavy (non-hydrogen) atoms. The van der Waals surface area contributed by atoms with Gasteiger partial charge in [-0.3, -0.25) is 0 Å². The number of rotatable bonds is 12. The highest BCUT2D eigenvalue weighted by Gasteiger charge is 2.67. The number of hydrogen-bond donors (Lipinski definition) is 1. The number of alkyl halides is 2. The maximum Gasteiger partial charge on any atom is 0.435 e. The molecule has 1 saturated heterocycles. The molecule has 0 aromatic heterocycles. The van der Waals surface area contributed by atoms with E-state index in [1.807, 2.05) is 6.07 Å². The van der Waals surface area contributed by atoms with Crippen molar-refractivity contribution in [2.24, 2.45) is 17.0 Å². The summed E-state index contributed by atoms with van der Waals surface area (Å²) < 4.78 is 90.3. The van der Waals surface area contributed by atoms with Crippen molar-refractivity contribution >= 4 is 38.2 Å². The largest absolute Gasteiger partial charge is 0.435 e. The molecule has 0 bridgehead atoms. The number of nitrogens with two attached hydrogens (primary N) is 1. The summed E-state index contributed by atoms with van der Waals surface area (Å²) in [5, 5.41) is 4.58. The van der Waals surface area contributed by atoms with E-state index in [-0.39, 0.29) is 23.9 Å². The van der Waals surface area contributed by atoms with Gasteiger partial charge in [-0.15, -0.1) is 0 Å². The van der Waals surface area contributed by atoms with E-state index in [2.05, 4.69) is 25.3 Å². The van der Waals surface area contributed by atoms with Gasteiger partial charge in [0.15, 0.2) is 0 Å².